The Morgan fingerprint density at radius 3 is 2.50 bits per heavy atom. The zero-order valence-corrected chi connectivity index (χ0v) is 7.38. The molecule has 12 heavy (non-hydrogen) atoms. The zero-order chi connectivity index (χ0) is 8.55. The van der Waals surface area contributed by atoms with E-state index < -0.39 is 0 Å². The van der Waals surface area contributed by atoms with Crippen LogP contribution in [0.3, 0.4) is 0 Å². The molecule has 0 spiro atoms. The van der Waals surface area contributed by atoms with Crippen molar-refractivity contribution in [2.45, 2.75) is 25.8 Å². The molecule has 1 saturated heterocycles. The highest BCUT2D eigenvalue weighted by Crippen LogP contribution is 2.26. The van der Waals surface area contributed by atoms with E-state index in [4.69, 9.17) is 4.74 Å². The Balaban J connectivity index is 1.69. The van der Waals surface area contributed by atoms with Crippen molar-refractivity contribution in [2.24, 2.45) is 11.8 Å². The van der Waals surface area contributed by atoms with Crippen molar-refractivity contribution < 1.29 is 9.53 Å². The van der Waals surface area contributed by atoms with Crippen LogP contribution >= 0.6 is 0 Å². The van der Waals surface area contributed by atoms with Crippen LogP contribution in [0.5, 0.6) is 0 Å². The minimum atomic E-state index is 0.140. The van der Waals surface area contributed by atoms with E-state index in [0.717, 1.165) is 18.8 Å². The number of carbonyl (C=O) groups is 1. The van der Waals surface area contributed by atoms with Gasteiger partial charge in [-0.25, -0.2) is 0 Å². The molecule has 0 aromatic rings. The zero-order valence-electron chi connectivity index (χ0n) is 7.38. The summed E-state index contributed by atoms with van der Waals surface area (Å²) >= 11 is 0. The summed E-state index contributed by atoms with van der Waals surface area (Å²) in [5.41, 5.74) is 0. The quantitative estimate of drug-likeness (QED) is 0.655. The Hall–Kier alpha value is -0.570. The van der Waals surface area contributed by atoms with Crippen LogP contribution in [0.1, 0.15) is 19.8 Å². The molecule has 3 nitrogen and oxygen atoms in total. The highest BCUT2D eigenvalue weighted by atomic mass is 16.5. The van der Waals surface area contributed by atoms with Crippen LogP contribution in [0.4, 0.5) is 0 Å². The minimum Gasteiger partial charge on any atom is -0.380 e. The van der Waals surface area contributed by atoms with Gasteiger partial charge in [0.2, 0.25) is 5.91 Å². The van der Waals surface area contributed by atoms with E-state index in [2.05, 4.69) is 12.2 Å². The highest BCUT2D eigenvalue weighted by molar-refractivity contribution is 5.79. The van der Waals surface area contributed by atoms with Gasteiger partial charge >= 0.3 is 0 Å². The number of rotatable bonds is 2. The van der Waals surface area contributed by atoms with Crippen molar-refractivity contribution in [1.29, 1.82) is 0 Å². The fourth-order valence-electron chi connectivity index (χ4n) is 1.73. The predicted molar refractivity (Wildman–Crippen MR) is 44.6 cm³/mol. The van der Waals surface area contributed by atoms with Crippen LogP contribution in [-0.4, -0.2) is 25.2 Å². The summed E-state index contributed by atoms with van der Waals surface area (Å²) < 4.78 is 4.95. The molecule has 68 valence electrons. The lowest BCUT2D eigenvalue weighted by Crippen LogP contribution is -2.50. The summed E-state index contributed by atoms with van der Waals surface area (Å²) in [4.78, 5) is 11.3. The first kappa shape index (κ1) is 8.05. The van der Waals surface area contributed by atoms with Crippen LogP contribution in [0.2, 0.25) is 0 Å². The lowest BCUT2D eigenvalue weighted by molar-refractivity contribution is -0.140. The van der Waals surface area contributed by atoms with Gasteiger partial charge in [0.05, 0.1) is 19.1 Å². The molecule has 1 N–H and O–H groups in total. The molecule has 0 unspecified atom stereocenters. The SMILES string of the molecule is CC1CC(NC(=O)C2COC2)C1. The maximum Gasteiger partial charge on any atom is 0.228 e. The second-order valence-corrected chi connectivity index (χ2v) is 4.02. The maximum atomic E-state index is 11.3. The van der Waals surface area contributed by atoms with Gasteiger partial charge in [-0.15, -0.1) is 0 Å². The molecule has 0 bridgehead atoms. The van der Waals surface area contributed by atoms with Crippen molar-refractivity contribution >= 4 is 5.91 Å². The van der Waals surface area contributed by atoms with Gasteiger partial charge in [-0.3, -0.25) is 4.79 Å². The van der Waals surface area contributed by atoms with E-state index in [1.807, 2.05) is 0 Å². The molecule has 1 saturated carbocycles. The Labute approximate surface area is 72.5 Å². The molecule has 0 aromatic heterocycles. The topological polar surface area (TPSA) is 38.3 Å². The largest absolute Gasteiger partial charge is 0.380 e. The normalized spacial score (nSPS) is 35.1. The van der Waals surface area contributed by atoms with E-state index in [-0.39, 0.29) is 11.8 Å². The predicted octanol–water partition coefficient (Wildman–Crippen LogP) is 0.547. The lowest BCUT2D eigenvalue weighted by atomic mass is 9.81. The van der Waals surface area contributed by atoms with Gasteiger partial charge in [0.15, 0.2) is 0 Å². The van der Waals surface area contributed by atoms with Crippen molar-refractivity contribution in [3.8, 4) is 0 Å². The minimum absolute atomic E-state index is 0.140. The molecule has 2 fully saturated rings. The number of ether oxygens (including phenoxy) is 1. The number of carbonyl (C=O) groups excluding carboxylic acids is 1. The van der Waals surface area contributed by atoms with Gasteiger partial charge in [-0.2, -0.15) is 0 Å². The fourth-order valence-corrected chi connectivity index (χ4v) is 1.73. The summed E-state index contributed by atoms with van der Waals surface area (Å²) in [6.07, 6.45) is 2.30. The average molecular weight is 169 g/mol. The summed E-state index contributed by atoms with van der Waals surface area (Å²) in [5.74, 6) is 1.13. The average Bonchev–Trinajstić information content (AvgIpc) is 1.79. The second-order valence-electron chi connectivity index (χ2n) is 4.02. The molecule has 0 radical (unpaired) electrons. The van der Waals surface area contributed by atoms with Crippen molar-refractivity contribution in [1.82, 2.24) is 5.32 Å². The molecule has 0 aromatic carbocycles. The molecule has 1 aliphatic heterocycles. The summed E-state index contributed by atoms with van der Waals surface area (Å²) in [5, 5.41) is 3.03. The first-order chi connectivity index (χ1) is 5.75. The van der Waals surface area contributed by atoms with Crippen molar-refractivity contribution in [3.05, 3.63) is 0 Å². The summed E-state index contributed by atoms with van der Waals surface area (Å²) in [7, 11) is 0. The first-order valence-electron chi connectivity index (χ1n) is 4.64. The number of nitrogens with one attached hydrogen (secondary N) is 1. The molecule has 1 amide bonds. The fraction of sp³-hybridized carbons (Fsp3) is 0.889. The molecule has 0 atom stereocenters. The van der Waals surface area contributed by atoms with Crippen LogP contribution < -0.4 is 5.32 Å². The van der Waals surface area contributed by atoms with Crippen LogP contribution in [-0.2, 0) is 9.53 Å². The van der Waals surface area contributed by atoms with Crippen molar-refractivity contribution in [3.63, 3.8) is 0 Å². The van der Waals surface area contributed by atoms with Gasteiger partial charge in [-0.1, -0.05) is 6.92 Å². The number of hydrogen-bond acceptors (Lipinski definition) is 2. The van der Waals surface area contributed by atoms with Gasteiger partial charge in [-0.05, 0) is 18.8 Å². The van der Waals surface area contributed by atoms with E-state index in [1.165, 1.54) is 0 Å². The van der Waals surface area contributed by atoms with Gasteiger partial charge in [0.1, 0.15) is 0 Å². The molecule has 2 aliphatic rings. The molecule has 1 heterocycles. The van der Waals surface area contributed by atoms with Crippen LogP contribution in [0, 0.1) is 11.8 Å². The van der Waals surface area contributed by atoms with E-state index in [9.17, 15) is 4.79 Å². The smallest absolute Gasteiger partial charge is 0.228 e. The number of hydrogen-bond donors (Lipinski definition) is 1. The van der Waals surface area contributed by atoms with Crippen LogP contribution in [0.25, 0.3) is 0 Å². The Bertz CT molecular complexity index is 183. The number of amides is 1. The maximum absolute atomic E-state index is 11.3. The lowest BCUT2D eigenvalue weighted by Gasteiger charge is -2.35. The third-order valence-corrected chi connectivity index (χ3v) is 2.73. The van der Waals surface area contributed by atoms with E-state index in [0.29, 0.717) is 19.3 Å². The first-order valence-corrected chi connectivity index (χ1v) is 4.64. The van der Waals surface area contributed by atoms with Gasteiger partial charge in [0.25, 0.3) is 0 Å². The van der Waals surface area contributed by atoms with E-state index >= 15 is 0 Å². The Morgan fingerprint density at radius 2 is 2.08 bits per heavy atom. The third kappa shape index (κ3) is 1.46. The van der Waals surface area contributed by atoms with Gasteiger partial charge < -0.3 is 10.1 Å². The molecule has 3 heteroatoms. The molecule has 2 rings (SSSR count). The Kier molecular flexibility index (Phi) is 2.05. The molecule has 1 aliphatic carbocycles. The monoisotopic (exact) mass is 169 g/mol. The summed E-state index contributed by atoms with van der Waals surface area (Å²) in [6.45, 7) is 3.46. The van der Waals surface area contributed by atoms with Gasteiger partial charge in [0, 0.05) is 6.04 Å². The van der Waals surface area contributed by atoms with Crippen LogP contribution in [0.15, 0.2) is 0 Å². The van der Waals surface area contributed by atoms with E-state index in [1.54, 1.807) is 0 Å². The third-order valence-electron chi connectivity index (χ3n) is 2.73. The summed E-state index contributed by atoms with van der Waals surface area (Å²) in [6, 6.07) is 0.452. The standard InChI is InChI=1S/C9H15NO2/c1-6-2-8(3-6)10-9(11)7-4-12-5-7/h6-8H,2-5H2,1H3,(H,10,11). The highest BCUT2D eigenvalue weighted by Gasteiger charge is 2.32. The molecular formula is C9H15NO2. The second kappa shape index (κ2) is 3.05. The van der Waals surface area contributed by atoms with Crippen molar-refractivity contribution in [2.75, 3.05) is 13.2 Å². The molecular weight excluding hydrogens is 154 g/mol. The Morgan fingerprint density at radius 1 is 1.42 bits per heavy atom.